The molecule has 0 aromatic carbocycles. The lowest BCUT2D eigenvalue weighted by molar-refractivity contribution is 0.234. The number of ether oxygens (including phenoxy) is 1. The number of anilines is 2. The number of rotatable bonds is 6. The molecule has 6 nitrogen and oxygen atoms in total. The number of nitrogen functional groups attached to an aromatic ring is 1. The number of hydrogen-bond acceptors (Lipinski definition) is 6. The third kappa shape index (κ3) is 3.25. The molecule has 102 valence electrons. The summed E-state index contributed by atoms with van der Waals surface area (Å²) in [6, 6.07) is 2.60. The summed E-state index contributed by atoms with van der Waals surface area (Å²) >= 11 is 0. The Hall–Kier alpha value is -2.03. The molecule has 0 aliphatic heterocycles. The molecule has 19 heavy (non-hydrogen) atoms. The van der Waals surface area contributed by atoms with Crippen LogP contribution in [-0.4, -0.2) is 28.7 Å². The molecule has 0 bridgehead atoms. The van der Waals surface area contributed by atoms with Crippen molar-refractivity contribution in [3.05, 3.63) is 6.33 Å². The number of nitriles is 1. The second kappa shape index (κ2) is 5.74. The highest BCUT2D eigenvalue weighted by atomic mass is 16.5. The zero-order chi connectivity index (χ0) is 13.8. The molecule has 1 saturated carbocycles. The molecule has 0 atom stereocenters. The van der Waals surface area contributed by atoms with Crippen LogP contribution in [0.3, 0.4) is 0 Å². The Morgan fingerprint density at radius 1 is 1.53 bits per heavy atom. The minimum absolute atomic E-state index is 0.0125. The summed E-state index contributed by atoms with van der Waals surface area (Å²) in [4.78, 5) is 10.4. The van der Waals surface area contributed by atoms with Crippen LogP contribution in [0, 0.1) is 11.3 Å². The van der Waals surface area contributed by atoms with E-state index in [9.17, 15) is 0 Å². The molecule has 2 rings (SSSR count). The summed E-state index contributed by atoms with van der Waals surface area (Å²) in [6.45, 7) is 4.49. The van der Waals surface area contributed by atoms with Crippen LogP contribution in [0.2, 0.25) is 0 Å². The predicted octanol–water partition coefficient (Wildman–Crippen LogP) is 1.73. The van der Waals surface area contributed by atoms with Gasteiger partial charge in [-0.3, -0.25) is 0 Å². The van der Waals surface area contributed by atoms with Gasteiger partial charge in [-0.05, 0) is 26.7 Å². The molecular formula is C13H19N5O. The minimum Gasteiger partial charge on any atom is -0.473 e. The average Bonchev–Trinajstić information content (AvgIpc) is 3.18. The van der Waals surface area contributed by atoms with Gasteiger partial charge in [0, 0.05) is 12.6 Å². The van der Waals surface area contributed by atoms with Crippen molar-refractivity contribution in [2.24, 2.45) is 0 Å². The summed E-state index contributed by atoms with van der Waals surface area (Å²) in [5.74, 6) is 1.10. The molecular weight excluding hydrogens is 242 g/mol. The molecule has 0 saturated heterocycles. The van der Waals surface area contributed by atoms with Gasteiger partial charge in [0.05, 0.1) is 18.6 Å². The van der Waals surface area contributed by atoms with Crippen molar-refractivity contribution in [2.45, 2.75) is 45.3 Å². The second-order valence-electron chi connectivity index (χ2n) is 4.92. The fourth-order valence-electron chi connectivity index (χ4n) is 1.93. The van der Waals surface area contributed by atoms with Crippen LogP contribution in [0.25, 0.3) is 0 Å². The summed E-state index contributed by atoms with van der Waals surface area (Å²) < 4.78 is 5.57. The molecule has 0 amide bonds. The predicted molar refractivity (Wildman–Crippen MR) is 72.8 cm³/mol. The van der Waals surface area contributed by atoms with Gasteiger partial charge in [-0.1, -0.05) is 0 Å². The van der Waals surface area contributed by atoms with Crippen LogP contribution in [0.15, 0.2) is 6.33 Å². The van der Waals surface area contributed by atoms with Crippen molar-refractivity contribution in [1.29, 1.82) is 5.26 Å². The molecule has 1 aromatic rings. The number of aromatic nitrogens is 2. The SMILES string of the molecule is CC(C)Oc1ncnc(N(CCC#N)C2CC2)c1N. The van der Waals surface area contributed by atoms with Crippen molar-refractivity contribution in [1.82, 2.24) is 9.97 Å². The van der Waals surface area contributed by atoms with Crippen LogP contribution in [-0.2, 0) is 0 Å². The maximum atomic E-state index is 8.74. The monoisotopic (exact) mass is 261 g/mol. The minimum atomic E-state index is 0.0125. The van der Waals surface area contributed by atoms with Crippen molar-refractivity contribution in [2.75, 3.05) is 17.2 Å². The van der Waals surface area contributed by atoms with E-state index in [1.807, 2.05) is 13.8 Å². The van der Waals surface area contributed by atoms with E-state index in [0.717, 1.165) is 12.8 Å². The van der Waals surface area contributed by atoms with E-state index >= 15 is 0 Å². The molecule has 1 heterocycles. The molecule has 1 aliphatic carbocycles. The summed E-state index contributed by atoms with van der Waals surface area (Å²) in [5, 5.41) is 8.74. The lowest BCUT2D eigenvalue weighted by Gasteiger charge is -2.24. The largest absolute Gasteiger partial charge is 0.473 e. The van der Waals surface area contributed by atoms with Gasteiger partial charge >= 0.3 is 0 Å². The van der Waals surface area contributed by atoms with Gasteiger partial charge < -0.3 is 15.4 Å². The van der Waals surface area contributed by atoms with Crippen LogP contribution < -0.4 is 15.4 Å². The van der Waals surface area contributed by atoms with Crippen LogP contribution in [0.1, 0.15) is 33.1 Å². The Kier molecular flexibility index (Phi) is 4.05. The van der Waals surface area contributed by atoms with Crippen LogP contribution in [0.5, 0.6) is 5.88 Å². The quantitative estimate of drug-likeness (QED) is 0.839. The van der Waals surface area contributed by atoms with E-state index in [-0.39, 0.29) is 6.10 Å². The zero-order valence-corrected chi connectivity index (χ0v) is 11.3. The zero-order valence-electron chi connectivity index (χ0n) is 11.3. The Balaban J connectivity index is 2.24. The molecule has 0 spiro atoms. The highest BCUT2D eigenvalue weighted by Gasteiger charge is 2.31. The molecule has 2 N–H and O–H groups in total. The van der Waals surface area contributed by atoms with Gasteiger partial charge in [0.15, 0.2) is 5.82 Å². The fourth-order valence-corrected chi connectivity index (χ4v) is 1.93. The molecule has 1 aromatic heterocycles. The Morgan fingerprint density at radius 3 is 2.84 bits per heavy atom. The lowest BCUT2D eigenvalue weighted by atomic mass is 10.3. The van der Waals surface area contributed by atoms with Crippen molar-refractivity contribution in [3.8, 4) is 11.9 Å². The first-order valence-electron chi connectivity index (χ1n) is 6.54. The standard InChI is InChI=1S/C13H19N5O/c1-9(2)19-13-11(15)12(16-8-17-13)18(7-3-6-14)10-4-5-10/h8-10H,3-5,7,15H2,1-2H3. The van der Waals surface area contributed by atoms with Gasteiger partial charge in [-0.25, -0.2) is 4.98 Å². The third-order valence-corrected chi connectivity index (χ3v) is 2.90. The van der Waals surface area contributed by atoms with E-state index in [4.69, 9.17) is 15.7 Å². The van der Waals surface area contributed by atoms with Crippen LogP contribution in [0.4, 0.5) is 11.5 Å². The Morgan fingerprint density at radius 2 is 2.26 bits per heavy atom. The Bertz CT molecular complexity index is 478. The Labute approximate surface area is 113 Å². The van der Waals surface area contributed by atoms with E-state index < -0.39 is 0 Å². The fraction of sp³-hybridized carbons (Fsp3) is 0.615. The lowest BCUT2D eigenvalue weighted by Crippen LogP contribution is -2.29. The number of nitrogens with two attached hydrogens (primary N) is 1. The average molecular weight is 261 g/mol. The van der Waals surface area contributed by atoms with Gasteiger partial charge in [-0.2, -0.15) is 10.2 Å². The van der Waals surface area contributed by atoms with E-state index in [1.54, 1.807) is 0 Å². The van der Waals surface area contributed by atoms with Gasteiger partial charge in [0.25, 0.3) is 0 Å². The molecule has 0 unspecified atom stereocenters. The van der Waals surface area contributed by atoms with Gasteiger partial charge in [0.1, 0.15) is 12.0 Å². The van der Waals surface area contributed by atoms with E-state index in [2.05, 4.69) is 20.9 Å². The maximum absolute atomic E-state index is 8.74. The smallest absolute Gasteiger partial charge is 0.242 e. The first kappa shape index (κ1) is 13.4. The van der Waals surface area contributed by atoms with Gasteiger partial charge in [0.2, 0.25) is 5.88 Å². The molecule has 6 heteroatoms. The summed E-state index contributed by atoms with van der Waals surface area (Å²) in [7, 11) is 0. The van der Waals surface area contributed by atoms with Crippen molar-refractivity contribution >= 4 is 11.5 Å². The highest BCUT2D eigenvalue weighted by Crippen LogP contribution is 2.36. The molecule has 1 fully saturated rings. The van der Waals surface area contributed by atoms with Crippen LogP contribution >= 0.6 is 0 Å². The second-order valence-corrected chi connectivity index (χ2v) is 4.92. The molecule has 0 radical (unpaired) electrons. The van der Waals surface area contributed by atoms with E-state index in [0.29, 0.717) is 36.4 Å². The third-order valence-electron chi connectivity index (χ3n) is 2.90. The van der Waals surface area contributed by atoms with Crippen molar-refractivity contribution in [3.63, 3.8) is 0 Å². The first-order valence-corrected chi connectivity index (χ1v) is 6.54. The first-order chi connectivity index (χ1) is 9.13. The van der Waals surface area contributed by atoms with E-state index in [1.165, 1.54) is 6.33 Å². The number of nitrogens with zero attached hydrogens (tertiary/aromatic N) is 4. The van der Waals surface area contributed by atoms with Crippen molar-refractivity contribution < 1.29 is 4.74 Å². The molecule has 1 aliphatic rings. The number of hydrogen-bond donors (Lipinski definition) is 1. The summed E-state index contributed by atoms with van der Waals surface area (Å²) in [6.07, 6.45) is 4.18. The maximum Gasteiger partial charge on any atom is 0.242 e. The topological polar surface area (TPSA) is 88.1 Å². The van der Waals surface area contributed by atoms with Gasteiger partial charge in [-0.15, -0.1) is 0 Å². The summed E-state index contributed by atoms with van der Waals surface area (Å²) in [5.41, 5.74) is 6.55. The highest BCUT2D eigenvalue weighted by molar-refractivity contribution is 5.68. The normalized spacial score (nSPS) is 14.2.